The fourth-order valence-corrected chi connectivity index (χ4v) is 3.49. The first-order valence-corrected chi connectivity index (χ1v) is 8.74. The molecule has 2 rings (SSSR count). The predicted octanol–water partition coefficient (Wildman–Crippen LogP) is 2.22. The zero-order valence-corrected chi connectivity index (χ0v) is 13.1. The van der Waals surface area contributed by atoms with Crippen LogP contribution < -0.4 is 5.32 Å². The molecule has 20 heavy (non-hydrogen) atoms. The molecule has 0 unspecified atom stereocenters. The Labute approximate surface area is 122 Å². The highest BCUT2D eigenvalue weighted by Gasteiger charge is 2.29. The van der Waals surface area contributed by atoms with Crippen LogP contribution in [-0.4, -0.2) is 32.9 Å². The zero-order valence-electron chi connectivity index (χ0n) is 12.3. The number of nitrogens with one attached hydrogen (secondary N) is 1. The molecule has 0 bridgehead atoms. The normalized spacial score (nSPS) is 15.8. The Morgan fingerprint density at radius 2 is 2.10 bits per heavy atom. The fraction of sp³-hybridized carbons (Fsp3) is 0.600. The quantitative estimate of drug-likeness (QED) is 0.748. The van der Waals surface area contributed by atoms with Gasteiger partial charge in [-0.3, -0.25) is 0 Å². The molecule has 1 aromatic carbocycles. The molecule has 0 saturated heterocycles. The van der Waals surface area contributed by atoms with Crippen molar-refractivity contribution in [1.82, 2.24) is 9.62 Å². The van der Waals surface area contributed by atoms with Gasteiger partial charge in [-0.05, 0) is 49.4 Å². The number of sulfonamides is 1. The molecule has 0 amide bonds. The smallest absolute Gasteiger partial charge is 0.242 e. The highest BCUT2D eigenvalue weighted by atomic mass is 32.2. The summed E-state index contributed by atoms with van der Waals surface area (Å²) < 4.78 is 26.5. The van der Waals surface area contributed by atoms with Crippen LogP contribution in [0.1, 0.15) is 31.7 Å². The maximum atomic E-state index is 12.5. The largest absolute Gasteiger partial charge is 0.313 e. The molecule has 1 N–H and O–H groups in total. The van der Waals surface area contributed by atoms with Crippen molar-refractivity contribution in [2.75, 3.05) is 20.1 Å². The van der Waals surface area contributed by atoms with E-state index in [9.17, 15) is 8.42 Å². The van der Waals surface area contributed by atoms with E-state index in [1.807, 2.05) is 12.1 Å². The lowest BCUT2D eigenvalue weighted by molar-refractivity contribution is 0.453. The Kier molecular flexibility index (Phi) is 5.18. The first-order valence-electron chi connectivity index (χ1n) is 7.30. The van der Waals surface area contributed by atoms with Crippen molar-refractivity contribution in [3.8, 4) is 0 Å². The molecule has 0 spiro atoms. The molecule has 1 saturated carbocycles. The lowest BCUT2D eigenvalue weighted by atomic mass is 10.2. The van der Waals surface area contributed by atoms with Crippen molar-refractivity contribution in [3.63, 3.8) is 0 Å². The summed E-state index contributed by atoms with van der Waals surface area (Å²) in [6.45, 7) is 4.41. The summed E-state index contributed by atoms with van der Waals surface area (Å²) in [5.41, 5.74) is 1.01. The molecule has 112 valence electrons. The molecule has 0 heterocycles. The van der Waals surface area contributed by atoms with E-state index < -0.39 is 10.0 Å². The lowest BCUT2D eigenvalue weighted by Crippen LogP contribution is -2.29. The summed E-state index contributed by atoms with van der Waals surface area (Å²) in [4.78, 5) is 0.399. The molecule has 1 fully saturated rings. The molecule has 1 aromatic rings. The van der Waals surface area contributed by atoms with Crippen molar-refractivity contribution >= 4 is 10.0 Å². The van der Waals surface area contributed by atoms with Crippen molar-refractivity contribution in [3.05, 3.63) is 29.8 Å². The summed E-state index contributed by atoms with van der Waals surface area (Å²) in [7, 11) is -1.67. The summed E-state index contributed by atoms with van der Waals surface area (Å²) in [6, 6.07) is 7.24. The van der Waals surface area contributed by atoms with Crippen LogP contribution in [0.3, 0.4) is 0 Å². The SMILES string of the molecule is CCCNCc1cccc(S(=O)(=O)N(C)CC2CC2)c1. The highest BCUT2D eigenvalue weighted by Crippen LogP contribution is 2.31. The number of rotatable bonds is 8. The second-order valence-electron chi connectivity index (χ2n) is 5.55. The van der Waals surface area contributed by atoms with E-state index in [4.69, 9.17) is 0 Å². The minimum atomic E-state index is -3.34. The standard InChI is InChI=1S/C15H24N2O2S/c1-3-9-16-11-14-5-4-6-15(10-14)20(18,19)17(2)12-13-7-8-13/h4-6,10,13,16H,3,7-9,11-12H2,1-2H3. The molecule has 0 aromatic heterocycles. The second kappa shape index (κ2) is 6.70. The maximum Gasteiger partial charge on any atom is 0.242 e. The van der Waals surface area contributed by atoms with Gasteiger partial charge in [0.15, 0.2) is 0 Å². The summed E-state index contributed by atoms with van der Waals surface area (Å²) in [6.07, 6.45) is 3.38. The third-order valence-electron chi connectivity index (χ3n) is 3.57. The minimum Gasteiger partial charge on any atom is -0.313 e. The van der Waals surface area contributed by atoms with Gasteiger partial charge in [0.25, 0.3) is 0 Å². The molecule has 5 heteroatoms. The van der Waals surface area contributed by atoms with Crippen LogP contribution in [-0.2, 0) is 16.6 Å². The fourth-order valence-electron chi connectivity index (χ4n) is 2.17. The van der Waals surface area contributed by atoms with Crippen LogP contribution in [0.15, 0.2) is 29.2 Å². The monoisotopic (exact) mass is 296 g/mol. The van der Waals surface area contributed by atoms with E-state index in [1.54, 1.807) is 19.2 Å². The van der Waals surface area contributed by atoms with Crippen molar-refractivity contribution < 1.29 is 8.42 Å². The van der Waals surface area contributed by atoms with E-state index in [0.29, 0.717) is 23.9 Å². The maximum absolute atomic E-state index is 12.5. The third-order valence-corrected chi connectivity index (χ3v) is 5.39. The van der Waals surface area contributed by atoms with E-state index >= 15 is 0 Å². The average Bonchev–Trinajstić information content (AvgIpc) is 3.23. The first kappa shape index (κ1) is 15.5. The van der Waals surface area contributed by atoms with Crippen LogP contribution in [0.25, 0.3) is 0 Å². The van der Waals surface area contributed by atoms with Gasteiger partial charge in [0.2, 0.25) is 10.0 Å². The highest BCUT2D eigenvalue weighted by molar-refractivity contribution is 7.89. The van der Waals surface area contributed by atoms with E-state index in [-0.39, 0.29) is 0 Å². The second-order valence-corrected chi connectivity index (χ2v) is 7.60. The van der Waals surface area contributed by atoms with Crippen LogP contribution in [0.2, 0.25) is 0 Å². The molecule has 0 radical (unpaired) electrons. The van der Waals surface area contributed by atoms with E-state index in [0.717, 1.165) is 31.4 Å². The topological polar surface area (TPSA) is 49.4 Å². The third kappa shape index (κ3) is 4.04. The molecule has 4 nitrogen and oxygen atoms in total. The number of benzene rings is 1. The Morgan fingerprint density at radius 1 is 1.35 bits per heavy atom. The van der Waals surface area contributed by atoms with Gasteiger partial charge in [-0.1, -0.05) is 19.1 Å². The van der Waals surface area contributed by atoms with Crippen LogP contribution in [0, 0.1) is 5.92 Å². The zero-order chi connectivity index (χ0) is 14.6. The van der Waals surface area contributed by atoms with Crippen LogP contribution in [0.4, 0.5) is 0 Å². The van der Waals surface area contributed by atoms with Gasteiger partial charge >= 0.3 is 0 Å². The van der Waals surface area contributed by atoms with Crippen molar-refractivity contribution in [2.45, 2.75) is 37.6 Å². The first-order chi connectivity index (χ1) is 9.54. The van der Waals surface area contributed by atoms with Gasteiger partial charge in [-0.15, -0.1) is 0 Å². The summed E-state index contributed by atoms with van der Waals surface area (Å²) >= 11 is 0. The number of nitrogens with zero attached hydrogens (tertiary/aromatic N) is 1. The van der Waals surface area contributed by atoms with Crippen molar-refractivity contribution in [2.24, 2.45) is 5.92 Å². The van der Waals surface area contributed by atoms with Gasteiger partial charge in [0, 0.05) is 20.1 Å². The van der Waals surface area contributed by atoms with Gasteiger partial charge in [0.05, 0.1) is 4.90 Å². The van der Waals surface area contributed by atoms with Gasteiger partial charge in [0.1, 0.15) is 0 Å². The molecule has 1 aliphatic rings. The Bertz CT molecular complexity index is 539. The number of hydrogen-bond acceptors (Lipinski definition) is 3. The summed E-state index contributed by atoms with van der Waals surface area (Å²) in [5.74, 6) is 0.559. The van der Waals surface area contributed by atoms with E-state index in [1.165, 1.54) is 4.31 Å². The molecule has 0 atom stereocenters. The molecular formula is C15H24N2O2S. The van der Waals surface area contributed by atoms with Gasteiger partial charge < -0.3 is 5.32 Å². The Hall–Kier alpha value is -0.910. The van der Waals surface area contributed by atoms with Gasteiger partial charge in [-0.25, -0.2) is 12.7 Å². The molecular weight excluding hydrogens is 272 g/mol. The summed E-state index contributed by atoms with van der Waals surface area (Å²) in [5, 5.41) is 3.29. The lowest BCUT2D eigenvalue weighted by Gasteiger charge is -2.17. The average molecular weight is 296 g/mol. The molecule has 0 aliphatic heterocycles. The Balaban J connectivity index is 2.07. The predicted molar refractivity (Wildman–Crippen MR) is 81.0 cm³/mol. The Morgan fingerprint density at radius 3 is 2.75 bits per heavy atom. The van der Waals surface area contributed by atoms with Crippen molar-refractivity contribution in [1.29, 1.82) is 0 Å². The van der Waals surface area contributed by atoms with Crippen LogP contribution in [0.5, 0.6) is 0 Å². The van der Waals surface area contributed by atoms with Gasteiger partial charge in [-0.2, -0.15) is 0 Å². The number of hydrogen-bond donors (Lipinski definition) is 1. The molecule has 1 aliphatic carbocycles. The van der Waals surface area contributed by atoms with E-state index in [2.05, 4.69) is 12.2 Å². The van der Waals surface area contributed by atoms with Crippen LogP contribution >= 0.6 is 0 Å². The minimum absolute atomic E-state index is 0.399.